The Morgan fingerprint density at radius 1 is 0.595 bits per heavy atom. The second-order valence-corrected chi connectivity index (χ2v) is 13.5. The predicted octanol–water partition coefficient (Wildman–Crippen LogP) is 6.05. The Balaban J connectivity index is 1.52. The van der Waals surface area contributed by atoms with Gasteiger partial charge in [0.2, 0.25) is 9.84 Å². The monoisotopic (exact) mass is 521 g/mol. The molecule has 1 atom stereocenters. The topological polar surface area (TPSA) is 63.7 Å². The zero-order valence-electron chi connectivity index (χ0n) is 19.5. The molecule has 5 aromatic carbocycles. The lowest BCUT2D eigenvalue weighted by molar-refractivity contribution is 0.477. The van der Waals surface area contributed by atoms with Gasteiger partial charge in [0.25, 0.3) is 0 Å². The van der Waals surface area contributed by atoms with Crippen molar-refractivity contribution in [2.45, 2.75) is 9.79 Å². The molecule has 37 heavy (non-hydrogen) atoms. The van der Waals surface area contributed by atoms with Crippen LogP contribution in [0.2, 0.25) is 0 Å². The van der Waals surface area contributed by atoms with Crippen molar-refractivity contribution >= 4 is 50.0 Å². The smallest absolute Gasteiger partial charge is 0.208 e. The minimum atomic E-state index is -3.93. The van der Waals surface area contributed by atoms with Crippen LogP contribution in [0.1, 0.15) is 0 Å². The highest BCUT2D eigenvalue weighted by Crippen LogP contribution is 2.53. The minimum absolute atomic E-state index is 0.0670. The SMILES string of the molecule is O=P1(c2ccccc2)c2ccccc2S(=O)(=O)c2cc(N3c4ccccc4Oc4ccccc43)ccc21. The Morgan fingerprint density at radius 3 is 1.86 bits per heavy atom. The van der Waals surface area contributed by atoms with Gasteiger partial charge in [-0.3, -0.25) is 0 Å². The quantitative estimate of drug-likeness (QED) is 0.259. The Morgan fingerprint density at radius 2 is 1.16 bits per heavy atom. The van der Waals surface area contributed by atoms with Gasteiger partial charge in [-0.2, -0.15) is 0 Å². The van der Waals surface area contributed by atoms with Crippen LogP contribution >= 0.6 is 7.14 Å². The third-order valence-electron chi connectivity index (χ3n) is 6.88. The Kier molecular flexibility index (Phi) is 4.74. The Bertz CT molecular complexity index is 1820. The number of anilines is 3. The maximum Gasteiger partial charge on any atom is 0.208 e. The van der Waals surface area contributed by atoms with Gasteiger partial charge >= 0.3 is 0 Å². The average molecular weight is 522 g/mol. The number of fused-ring (bicyclic) bond motifs is 4. The van der Waals surface area contributed by atoms with Crippen LogP contribution in [0.15, 0.2) is 131 Å². The van der Waals surface area contributed by atoms with Crippen LogP contribution in [0, 0.1) is 0 Å². The molecule has 5 nitrogen and oxygen atoms in total. The van der Waals surface area contributed by atoms with Gasteiger partial charge in [-0.05, 0) is 54.6 Å². The number of hydrogen-bond acceptors (Lipinski definition) is 5. The van der Waals surface area contributed by atoms with Crippen LogP contribution in [0.4, 0.5) is 17.1 Å². The van der Waals surface area contributed by atoms with E-state index in [9.17, 15) is 13.0 Å². The molecule has 0 saturated carbocycles. The molecule has 5 aromatic rings. The third-order valence-corrected chi connectivity index (χ3v) is 12.2. The molecule has 0 spiro atoms. The van der Waals surface area contributed by atoms with E-state index in [4.69, 9.17) is 4.74 Å². The first-order chi connectivity index (χ1) is 18.0. The highest BCUT2D eigenvalue weighted by molar-refractivity contribution is 7.96. The van der Waals surface area contributed by atoms with Crippen molar-refractivity contribution in [1.29, 1.82) is 0 Å². The van der Waals surface area contributed by atoms with E-state index in [1.54, 1.807) is 36.4 Å². The van der Waals surface area contributed by atoms with Crippen LogP contribution in [0.3, 0.4) is 0 Å². The molecule has 1 unspecified atom stereocenters. The molecule has 0 bridgehead atoms. The fourth-order valence-electron chi connectivity index (χ4n) is 5.21. The van der Waals surface area contributed by atoms with E-state index in [2.05, 4.69) is 0 Å². The van der Waals surface area contributed by atoms with Crippen molar-refractivity contribution in [3.8, 4) is 11.5 Å². The highest BCUT2D eigenvalue weighted by atomic mass is 32.2. The second kappa shape index (κ2) is 7.94. The van der Waals surface area contributed by atoms with E-state index in [1.807, 2.05) is 89.8 Å². The summed E-state index contributed by atoms with van der Waals surface area (Å²) in [6.45, 7) is 0. The largest absolute Gasteiger partial charge is 0.453 e. The van der Waals surface area contributed by atoms with Crippen molar-refractivity contribution in [2.75, 3.05) is 4.90 Å². The normalized spacial score (nSPS) is 18.5. The molecule has 0 amide bonds. The first-order valence-electron chi connectivity index (χ1n) is 11.8. The fraction of sp³-hybridized carbons (Fsp3) is 0. The molecule has 0 aliphatic carbocycles. The highest BCUT2D eigenvalue weighted by Gasteiger charge is 2.44. The third kappa shape index (κ3) is 3.10. The van der Waals surface area contributed by atoms with Gasteiger partial charge in [0.1, 0.15) is 0 Å². The van der Waals surface area contributed by atoms with Gasteiger partial charge in [0.05, 0.1) is 21.2 Å². The van der Waals surface area contributed by atoms with Crippen LogP contribution in [0.5, 0.6) is 11.5 Å². The molecule has 0 fully saturated rings. The van der Waals surface area contributed by atoms with Gasteiger partial charge in [-0.25, -0.2) is 8.42 Å². The van der Waals surface area contributed by atoms with Gasteiger partial charge in [-0.1, -0.05) is 66.7 Å². The van der Waals surface area contributed by atoms with Crippen molar-refractivity contribution in [3.05, 3.63) is 121 Å². The van der Waals surface area contributed by atoms with Gasteiger partial charge in [0, 0.05) is 21.6 Å². The summed E-state index contributed by atoms with van der Waals surface area (Å²) < 4.78 is 49.0. The molecular formula is C30H20NO4PS. The van der Waals surface area contributed by atoms with Crippen LogP contribution in [0.25, 0.3) is 0 Å². The van der Waals surface area contributed by atoms with Crippen molar-refractivity contribution in [3.63, 3.8) is 0 Å². The Hall–Kier alpha value is -4.12. The summed E-state index contributed by atoms with van der Waals surface area (Å²) in [5.74, 6) is 1.34. The maximum atomic E-state index is 15.0. The first kappa shape index (κ1) is 22.1. The van der Waals surface area contributed by atoms with Crippen molar-refractivity contribution in [2.24, 2.45) is 0 Å². The van der Waals surface area contributed by atoms with Crippen LogP contribution < -0.4 is 25.6 Å². The van der Waals surface area contributed by atoms with Gasteiger partial charge in [-0.15, -0.1) is 0 Å². The molecule has 0 saturated heterocycles. The molecule has 2 aliphatic rings. The number of para-hydroxylation sites is 4. The first-order valence-corrected chi connectivity index (χ1v) is 15.0. The van der Waals surface area contributed by atoms with Gasteiger partial charge in [0.15, 0.2) is 18.6 Å². The lowest BCUT2D eigenvalue weighted by Crippen LogP contribution is -2.36. The predicted molar refractivity (Wildman–Crippen MR) is 146 cm³/mol. The number of rotatable bonds is 2. The minimum Gasteiger partial charge on any atom is -0.453 e. The summed E-state index contributed by atoms with van der Waals surface area (Å²) in [6, 6.07) is 36.2. The lowest BCUT2D eigenvalue weighted by atomic mass is 10.1. The summed E-state index contributed by atoms with van der Waals surface area (Å²) in [6.07, 6.45) is 0. The molecule has 2 heterocycles. The van der Waals surface area contributed by atoms with E-state index in [0.29, 0.717) is 33.1 Å². The zero-order valence-corrected chi connectivity index (χ0v) is 21.2. The van der Waals surface area contributed by atoms with E-state index in [0.717, 1.165) is 11.4 Å². The van der Waals surface area contributed by atoms with Gasteiger partial charge < -0.3 is 14.2 Å². The number of benzene rings is 5. The molecule has 7 rings (SSSR count). The second-order valence-electron chi connectivity index (χ2n) is 8.94. The standard InChI is InChI=1S/C30H20NO4PS/c32-36(22-10-2-1-3-11-22)27-16-8-9-17-29(27)37(33,34)30-20-21(18-19-28(30)36)31-23-12-4-6-14-25(23)35-26-15-7-5-13-24(26)31/h1-20H. The Labute approximate surface area is 214 Å². The summed E-state index contributed by atoms with van der Waals surface area (Å²) >= 11 is 0. The molecule has 7 heteroatoms. The van der Waals surface area contributed by atoms with Crippen molar-refractivity contribution in [1.82, 2.24) is 0 Å². The van der Waals surface area contributed by atoms with E-state index in [-0.39, 0.29) is 9.79 Å². The summed E-state index contributed by atoms with van der Waals surface area (Å²) in [5.41, 5.74) is 2.23. The molecule has 0 aromatic heterocycles. The van der Waals surface area contributed by atoms with E-state index in [1.165, 1.54) is 0 Å². The lowest BCUT2D eigenvalue weighted by Gasteiger charge is -2.34. The number of nitrogens with zero attached hydrogens (tertiary/aromatic N) is 1. The maximum absolute atomic E-state index is 15.0. The number of ether oxygens (including phenoxy) is 1. The molecule has 0 N–H and O–H groups in total. The van der Waals surface area contributed by atoms with Crippen LogP contribution in [-0.4, -0.2) is 8.42 Å². The molecule has 2 aliphatic heterocycles. The molecule has 0 radical (unpaired) electrons. The van der Waals surface area contributed by atoms with Crippen molar-refractivity contribution < 1.29 is 17.7 Å². The summed E-state index contributed by atoms with van der Waals surface area (Å²) in [4.78, 5) is 2.14. The summed E-state index contributed by atoms with van der Waals surface area (Å²) in [7, 11) is -7.37. The fourth-order valence-corrected chi connectivity index (χ4v) is 10.9. The zero-order chi connectivity index (χ0) is 25.2. The average Bonchev–Trinajstić information content (AvgIpc) is 2.95. The molecular weight excluding hydrogens is 501 g/mol. The van der Waals surface area contributed by atoms with Crippen LogP contribution in [-0.2, 0) is 14.4 Å². The molecule has 180 valence electrons. The van der Waals surface area contributed by atoms with E-state index < -0.39 is 17.0 Å². The van der Waals surface area contributed by atoms with E-state index >= 15 is 0 Å². The number of sulfone groups is 1. The number of hydrogen-bond donors (Lipinski definition) is 0. The summed E-state index contributed by atoms with van der Waals surface area (Å²) in [5, 5.41) is 1.29.